The van der Waals surface area contributed by atoms with Crippen molar-refractivity contribution in [2.24, 2.45) is 18.4 Å². The fraction of sp³-hybridized carbons (Fsp3) is 0.733. The molecule has 1 atom stereocenters. The second-order valence-corrected chi connectivity index (χ2v) is 7.14. The molecule has 0 aliphatic carbocycles. The highest BCUT2D eigenvalue weighted by Crippen LogP contribution is 2.23. The first kappa shape index (κ1) is 17.3. The van der Waals surface area contributed by atoms with Gasteiger partial charge >= 0.3 is 5.69 Å². The van der Waals surface area contributed by atoms with Crippen molar-refractivity contribution in [1.29, 1.82) is 0 Å². The Morgan fingerprint density at radius 3 is 2.14 bits per heavy atom. The van der Waals surface area contributed by atoms with Crippen LogP contribution in [0.3, 0.4) is 0 Å². The van der Waals surface area contributed by atoms with E-state index in [1.165, 1.54) is 11.6 Å². The minimum atomic E-state index is -0.381. The van der Waals surface area contributed by atoms with Gasteiger partial charge in [0.1, 0.15) is 11.5 Å². The molecule has 0 radical (unpaired) electrons. The van der Waals surface area contributed by atoms with Crippen LogP contribution in [0.1, 0.15) is 41.5 Å². The van der Waals surface area contributed by atoms with Gasteiger partial charge in [0.25, 0.3) is 5.56 Å². The van der Waals surface area contributed by atoms with Gasteiger partial charge in [-0.15, -0.1) is 0 Å². The van der Waals surface area contributed by atoms with Gasteiger partial charge in [-0.05, 0) is 18.3 Å². The maximum atomic E-state index is 12.3. The maximum Gasteiger partial charge on any atom is 0.332 e. The van der Waals surface area contributed by atoms with Crippen molar-refractivity contribution < 1.29 is 0 Å². The summed E-state index contributed by atoms with van der Waals surface area (Å²) in [4.78, 5) is 24.5. The molecule has 0 aliphatic heterocycles. The zero-order chi connectivity index (χ0) is 16.5. The number of aromatic nitrogens is 2. The van der Waals surface area contributed by atoms with E-state index in [0.29, 0.717) is 12.2 Å². The zero-order valence-electron chi connectivity index (χ0n) is 14.2. The molecule has 1 heterocycles. The quantitative estimate of drug-likeness (QED) is 0.885. The molecule has 0 saturated heterocycles. The monoisotopic (exact) mass is 296 g/mol. The van der Waals surface area contributed by atoms with Crippen molar-refractivity contribution in [2.75, 3.05) is 11.1 Å². The summed E-state index contributed by atoms with van der Waals surface area (Å²) in [6, 6.07) is 0.0394. The molecule has 0 fully saturated rings. The number of rotatable bonds is 4. The number of nitrogens with two attached hydrogens (primary N) is 1. The Morgan fingerprint density at radius 2 is 1.71 bits per heavy atom. The third-order valence-electron chi connectivity index (χ3n) is 3.79. The van der Waals surface area contributed by atoms with Crippen molar-refractivity contribution >= 4 is 11.5 Å². The summed E-state index contributed by atoms with van der Waals surface area (Å²) in [5.41, 5.74) is 5.60. The fourth-order valence-corrected chi connectivity index (χ4v) is 1.89. The average molecular weight is 296 g/mol. The van der Waals surface area contributed by atoms with Crippen molar-refractivity contribution in [3.8, 4) is 0 Å². The van der Waals surface area contributed by atoms with Gasteiger partial charge in [0, 0.05) is 19.6 Å². The number of nitrogen functional groups attached to an aromatic ring is 1. The van der Waals surface area contributed by atoms with Crippen LogP contribution in [0.15, 0.2) is 9.59 Å². The van der Waals surface area contributed by atoms with Crippen LogP contribution in [0, 0.1) is 11.3 Å². The highest BCUT2D eigenvalue weighted by Gasteiger charge is 2.23. The summed E-state index contributed by atoms with van der Waals surface area (Å²) in [6.07, 6.45) is 0. The van der Waals surface area contributed by atoms with E-state index in [1.807, 2.05) is 20.8 Å². The Balaban J connectivity index is 3.43. The van der Waals surface area contributed by atoms with Crippen LogP contribution in [-0.2, 0) is 13.6 Å². The molecule has 3 N–H and O–H groups in total. The molecule has 1 aromatic rings. The van der Waals surface area contributed by atoms with Crippen molar-refractivity contribution in [1.82, 2.24) is 9.13 Å². The van der Waals surface area contributed by atoms with Crippen molar-refractivity contribution in [3.63, 3.8) is 0 Å². The van der Waals surface area contributed by atoms with E-state index >= 15 is 0 Å². The number of hydrogen-bond acceptors (Lipinski definition) is 4. The topological polar surface area (TPSA) is 82.0 Å². The minimum absolute atomic E-state index is 0.0313. The van der Waals surface area contributed by atoms with E-state index in [-0.39, 0.29) is 34.4 Å². The van der Waals surface area contributed by atoms with Crippen LogP contribution in [0.5, 0.6) is 0 Å². The molecule has 120 valence electrons. The molecule has 0 amide bonds. The lowest BCUT2D eigenvalue weighted by Gasteiger charge is -2.29. The fourth-order valence-electron chi connectivity index (χ4n) is 1.89. The van der Waals surface area contributed by atoms with Gasteiger partial charge in [-0.25, -0.2) is 4.79 Å². The van der Waals surface area contributed by atoms with E-state index in [0.717, 1.165) is 4.57 Å². The van der Waals surface area contributed by atoms with E-state index < -0.39 is 0 Å². The molecule has 1 rings (SSSR count). The Hall–Kier alpha value is -1.72. The van der Waals surface area contributed by atoms with Crippen molar-refractivity contribution in [3.05, 3.63) is 20.8 Å². The summed E-state index contributed by atoms with van der Waals surface area (Å²) in [6.45, 7) is 12.7. The lowest BCUT2D eigenvalue weighted by molar-refractivity contribution is 0.358. The van der Waals surface area contributed by atoms with E-state index in [9.17, 15) is 9.59 Å². The predicted octanol–water partition coefficient (Wildman–Crippen LogP) is 1.63. The van der Waals surface area contributed by atoms with Gasteiger partial charge in [-0.1, -0.05) is 34.6 Å². The van der Waals surface area contributed by atoms with Gasteiger partial charge in [0.15, 0.2) is 0 Å². The number of nitrogens with zero attached hydrogens (tertiary/aromatic N) is 2. The molecular formula is C15H28N4O2. The molecule has 6 heteroatoms. The third kappa shape index (κ3) is 3.68. The Labute approximate surface area is 126 Å². The number of anilines is 2. The highest BCUT2D eigenvalue weighted by molar-refractivity contribution is 5.61. The molecule has 0 spiro atoms. The molecule has 1 aromatic heterocycles. The normalized spacial score (nSPS) is 13.5. The second-order valence-electron chi connectivity index (χ2n) is 7.14. The third-order valence-corrected chi connectivity index (χ3v) is 3.79. The van der Waals surface area contributed by atoms with Crippen LogP contribution in [0.25, 0.3) is 0 Å². The molecule has 6 nitrogen and oxygen atoms in total. The summed E-state index contributed by atoms with van der Waals surface area (Å²) in [5.74, 6) is 0.475. The van der Waals surface area contributed by atoms with Crippen LogP contribution in [0.2, 0.25) is 0 Å². The first-order chi connectivity index (χ1) is 9.46. The minimum Gasteiger partial charge on any atom is -0.383 e. The Kier molecular flexibility index (Phi) is 4.91. The SMILES string of the molecule is CC(C)Cn1c(N)c(NC(C)C(C)(C)C)c(=O)n(C)c1=O. The van der Waals surface area contributed by atoms with Crippen LogP contribution < -0.4 is 22.3 Å². The van der Waals surface area contributed by atoms with E-state index in [1.54, 1.807) is 0 Å². The Morgan fingerprint density at radius 1 is 1.19 bits per heavy atom. The van der Waals surface area contributed by atoms with Crippen LogP contribution in [-0.4, -0.2) is 15.2 Å². The second kappa shape index (κ2) is 5.95. The Bertz CT molecular complexity index is 620. The highest BCUT2D eigenvalue weighted by atomic mass is 16.2. The summed E-state index contributed by atoms with van der Waals surface area (Å²) >= 11 is 0. The van der Waals surface area contributed by atoms with E-state index in [4.69, 9.17) is 5.73 Å². The molecule has 21 heavy (non-hydrogen) atoms. The standard InChI is InChI=1S/C15H28N4O2/c1-9(2)8-19-12(16)11(13(20)18(7)14(19)21)17-10(3)15(4,5)6/h9-10,17H,8,16H2,1-7H3. The van der Waals surface area contributed by atoms with Gasteiger partial charge in [-0.3, -0.25) is 13.9 Å². The molecule has 0 saturated carbocycles. The number of nitrogens with one attached hydrogen (secondary N) is 1. The molecule has 0 aromatic carbocycles. The van der Waals surface area contributed by atoms with Crippen molar-refractivity contribution in [2.45, 2.75) is 54.1 Å². The van der Waals surface area contributed by atoms with Crippen LogP contribution >= 0.6 is 0 Å². The summed E-state index contributed by atoms with van der Waals surface area (Å²) < 4.78 is 2.57. The average Bonchev–Trinajstić information content (AvgIpc) is 2.35. The lowest BCUT2D eigenvalue weighted by Crippen LogP contribution is -2.43. The molecule has 1 unspecified atom stereocenters. The molecular weight excluding hydrogens is 268 g/mol. The van der Waals surface area contributed by atoms with Gasteiger partial charge in [0.05, 0.1) is 0 Å². The summed E-state index contributed by atoms with van der Waals surface area (Å²) in [7, 11) is 1.48. The van der Waals surface area contributed by atoms with Crippen LogP contribution in [0.4, 0.5) is 11.5 Å². The molecule has 0 aliphatic rings. The number of hydrogen-bond donors (Lipinski definition) is 2. The summed E-state index contributed by atoms with van der Waals surface area (Å²) in [5, 5.41) is 3.18. The first-order valence-electron chi connectivity index (χ1n) is 7.32. The smallest absolute Gasteiger partial charge is 0.332 e. The lowest BCUT2D eigenvalue weighted by atomic mass is 9.88. The maximum absolute atomic E-state index is 12.3. The van der Waals surface area contributed by atoms with E-state index in [2.05, 4.69) is 26.1 Å². The van der Waals surface area contributed by atoms with Gasteiger partial charge in [-0.2, -0.15) is 0 Å². The van der Waals surface area contributed by atoms with Gasteiger partial charge in [0.2, 0.25) is 0 Å². The predicted molar refractivity (Wildman–Crippen MR) is 87.7 cm³/mol. The largest absolute Gasteiger partial charge is 0.383 e. The van der Waals surface area contributed by atoms with Gasteiger partial charge < -0.3 is 11.1 Å². The first-order valence-corrected chi connectivity index (χ1v) is 7.32. The molecule has 0 bridgehead atoms. The zero-order valence-corrected chi connectivity index (χ0v) is 14.2.